The van der Waals surface area contributed by atoms with Gasteiger partial charge in [-0.05, 0) is 46.7 Å². The molecule has 0 heterocycles. The van der Waals surface area contributed by atoms with E-state index in [4.69, 9.17) is 17.3 Å². The van der Waals surface area contributed by atoms with Gasteiger partial charge in [-0.2, -0.15) is 0 Å². The summed E-state index contributed by atoms with van der Waals surface area (Å²) in [6.45, 7) is 0. The average molecular weight is 363 g/mol. The summed E-state index contributed by atoms with van der Waals surface area (Å²) in [5.74, 6) is 0.201. The van der Waals surface area contributed by atoms with Crippen molar-refractivity contribution in [2.45, 2.75) is 6.04 Å². The topological polar surface area (TPSA) is 46.2 Å². The van der Waals surface area contributed by atoms with Crippen LogP contribution in [0.2, 0.25) is 5.02 Å². The third kappa shape index (κ3) is 2.77. The first-order valence-electron chi connectivity index (χ1n) is 6.48. The Morgan fingerprint density at radius 2 is 1.71 bits per heavy atom. The number of aromatic hydroxyl groups is 1. The number of phenols is 1. The smallest absolute Gasteiger partial charge is 0.121 e. The molecule has 4 heteroatoms. The average Bonchev–Trinajstić information content (AvgIpc) is 2.47. The molecule has 0 amide bonds. The monoisotopic (exact) mass is 361 g/mol. The minimum atomic E-state index is -0.410. The largest absolute Gasteiger partial charge is 0.508 e. The number of fused-ring (bicyclic) bond motifs is 1. The second-order valence-electron chi connectivity index (χ2n) is 4.89. The molecular weight excluding hydrogens is 350 g/mol. The first-order valence-corrected chi connectivity index (χ1v) is 7.65. The van der Waals surface area contributed by atoms with E-state index in [0.717, 1.165) is 26.4 Å². The van der Waals surface area contributed by atoms with Gasteiger partial charge in [0.2, 0.25) is 0 Å². The number of rotatable bonds is 2. The second kappa shape index (κ2) is 5.68. The van der Waals surface area contributed by atoms with Gasteiger partial charge in [-0.1, -0.05) is 51.8 Å². The molecule has 21 heavy (non-hydrogen) atoms. The van der Waals surface area contributed by atoms with E-state index >= 15 is 0 Å². The number of benzene rings is 3. The van der Waals surface area contributed by atoms with Gasteiger partial charge in [0.15, 0.2) is 0 Å². The number of hydrogen-bond acceptors (Lipinski definition) is 2. The van der Waals surface area contributed by atoms with Gasteiger partial charge < -0.3 is 10.8 Å². The van der Waals surface area contributed by atoms with Crippen LogP contribution in [0.5, 0.6) is 5.75 Å². The van der Waals surface area contributed by atoms with Gasteiger partial charge in [0.1, 0.15) is 5.75 Å². The van der Waals surface area contributed by atoms with Crippen molar-refractivity contribution in [2.75, 3.05) is 0 Å². The minimum absolute atomic E-state index is 0.201. The molecule has 3 aromatic rings. The molecule has 0 radical (unpaired) electrons. The van der Waals surface area contributed by atoms with Crippen LogP contribution >= 0.6 is 27.5 Å². The highest BCUT2D eigenvalue weighted by atomic mass is 79.9. The first kappa shape index (κ1) is 14.4. The van der Waals surface area contributed by atoms with Gasteiger partial charge in [-0.15, -0.1) is 0 Å². The van der Waals surface area contributed by atoms with Crippen molar-refractivity contribution in [2.24, 2.45) is 5.73 Å². The molecule has 0 bridgehead atoms. The van der Waals surface area contributed by atoms with Crippen LogP contribution in [0, 0.1) is 0 Å². The maximum absolute atomic E-state index is 10.2. The van der Waals surface area contributed by atoms with Crippen LogP contribution in [-0.4, -0.2) is 5.11 Å². The Hall–Kier alpha value is -1.55. The zero-order valence-corrected chi connectivity index (χ0v) is 13.4. The standard InChI is InChI=1S/C17H13BrClNO/c18-12-4-7-14-11(9-12)3-8-15(21)16(14)17(20)10-1-5-13(19)6-2-10/h1-9,17,21H,20H2. The van der Waals surface area contributed by atoms with E-state index in [2.05, 4.69) is 15.9 Å². The highest BCUT2D eigenvalue weighted by Crippen LogP contribution is 2.35. The van der Waals surface area contributed by atoms with Crippen LogP contribution in [0.4, 0.5) is 0 Å². The second-order valence-corrected chi connectivity index (χ2v) is 6.25. The van der Waals surface area contributed by atoms with Crippen molar-refractivity contribution >= 4 is 38.3 Å². The van der Waals surface area contributed by atoms with Gasteiger partial charge in [0.25, 0.3) is 0 Å². The molecule has 0 fully saturated rings. The van der Waals surface area contributed by atoms with Crippen molar-refractivity contribution in [3.63, 3.8) is 0 Å². The Morgan fingerprint density at radius 3 is 2.43 bits per heavy atom. The van der Waals surface area contributed by atoms with Crippen molar-refractivity contribution in [3.05, 3.63) is 75.2 Å². The normalized spacial score (nSPS) is 12.5. The van der Waals surface area contributed by atoms with Gasteiger partial charge in [0.05, 0.1) is 6.04 Å². The summed E-state index contributed by atoms with van der Waals surface area (Å²) in [5, 5.41) is 12.9. The molecule has 1 atom stereocenters. The Kier molecular flexibility index (Phi) is 3.89. The minimum Gasteiger partial charge on any atom is -0.508 e. The SMILES string of the molecule is NC(c1ccc(Cl)cc1)c1c(O)ccc2cc(Br)ccc12. The number of halogens is 2. The summed E-state index contributed by atoms with van der Waals surface area (Å²) in [6.07, 6.45) is 0. The van der Waals surface area contributed by atoms with Crippen LogP contribution in [0.25, 0.3) is 10.8 Å². The third-order valence-corrected chi connectivity index (χ3v) is 4.29. The number of phenolic OH excluding ortho intramolecular Hbond substituents is 1. The summed E-state index contributed by atoms with van der Waals surface area (Å²) < 4.78 is 0.992. The predicted molar refractivity (Wildman–Crippen MR) is 90.8 cm³/mol. The van der Waals surface area contributed by atoms with Crippen LogP contribution in [0.3, 0.4) is 0 Å². The first-order chi connectivity index (χ1) is 10.1. The number of nitrogens with two attached hydrogens (primary N) is 1. The fourth-order valence-electron chi connectivity index (χ4n) is 2.48. The van der Waals surface area contributed by atoms with Gasteiger partial charge in [-0.25, -0.2) is 0 Å². The molecule has 2 nitrogen and oxygen atoms in total. The van der Waals surface area contributed by atoms with Crippen LogP contribution in [-0.2, 0) is 0 Å². The fraction of sp³-hybridized carbons (Fsp3) is 0.0588. The van der Waals surface area contributed by atoms with Crippen molar-refractivity contribution in [3.8, 4) is 5.75 Å². The molecular formula is C17H13BrClNO. The summed E-state index contributed by atoms with van der Waals surface area (Å²) in [6, 6.07) is 16.4. The van der Waals surface area contributed by atoms with E-state index in [1.54, 1.807) is 18.2 Å². The van der Waals surface area contributed by atoms with Crippen molar-refractivity contribution < 1.29 is 5.11 Å². The molecule has 3 N–H and O–H groups in total. The quantitative estimate of drug-likeness (QED) is 0.673. The van der Waals surface area contributed by atoms with E-state index in [0.29, 0.717) is 5.02 Å². The van der Waals surface area contributed by atoms with Crippen LogP contribution in [0.15, 0.2) is 59.1 Å². The van der Waals surface area contributed by atoms with E-state index in [-0.39, 0.29) is 5.75 Å². The van der Waals surface area contributed by atoms with Crippen LogP contribution < -0.4 is 5.73 Å². The van der Waals surface area contributed by atoms with Gasteiger partial charge >= 0.3 is 0 Å². The Balaban J connectivity index is 2.18. The highest BCUT2D eigenvalue weighted by Gasteiger charge is 2.16. The molecule has 106 valence electrons. The zero-order valence-electron chi connectivity index (χ0n) is 11.1. The van der Waals surface area contributed by atoms with E-state index < -0.39 is 6.04 Å². The molecule has 0 aromatic heterocycles. The predicted octanol–water partition coefficient (Wildman–Crippen LogP) is 5.01. The maximum atomic E-state index is 10.2. The van der Waals surface area contributed by atoms with E-state index in [1.165, 1.54) is 0 Å². The molecule has 0 saturated carbocycles. The molecule has 0 aliphatic rings. The fourth-order valence-corrected chi connectivity index (χ4v) is 2.98. The third-order valence-electron chi connectivity index (χ3n) is 3.54. The molecule has 0 aliphatic carbocycles. The summed E-state index contributed by atoms with van der Waals surface area (Å²) in [5.41, 5.74) is 7.99. The Morgan fingerprint density at radius 1 is 1.00 bits per heavy atom. The van der Waals surface area contributed by atoms with E-state index in [1.807, 2.05) is 36.4 Å². The maximum Gasteiger partial charge on any atom is 0.121 e. The molecule has 0 saturated heterocycles. The lowest BCUT2D eigenvalue weighted by Gasteiger charge is -2.17. The lowest BCUT2D eigenvalue weighted by molar-refractivity contribution is 0.466. The van der Waals surface area contributed by atoms with E-state index in [9.17, 15) is 5.11 Å². The van der Waals surface area contributed by atoms with Gasteiger partial charge in [0, 0.05) is 15.1 Å². The lowest BCUT2D eigenvalue weighted by atomic mass is 9.93. The summed E-state index contributed by atoms with van der Waals surface area (Å²) >= 11 is 9.37. The highest BCUT2D eigenvalue weighted by molar-refractivity contribution is 9.10. The zero-order chi connectivity index (χ0) is 15.0. The summed E-state index contributed by atoms with van der Waals surface area (Å²) in [4.78, 5) is 0. The van der Waals surface area contributed by atoms with Crippen molar-refractivity contribution in [1.82, 2.24) is 0 Å². The molecule has 3 rings (SSSR count). The molecule has 3 aromatic carbocycles. The van der Waals surface area contributed by atoms with Crippen LogP contribution in [0.1, 0.15) is 17.2 Å². The van der Waals surface area contributed by atoms with Gasteiger partial charge in [-0.3, -0.25) is 0 Å². The van der Waals surface area contributed by atoms with Crippen molar-refractivity contribution in [1.29, 1.82) is 0 Å². The Bertz CT molecular complexity index is 802. The molecule has 0 spiro atoms. The number of hydrogen-bond donors (Lipinski definition) is 2. The Labute approximate surface area is 136 Å². The molecule has 1 unspecified atom stereocenters. The summed E-state index contributed by atoms with van der Waals surface area (Å²) in [7, 11) is 0. The lowest BCUT2D eigenvalue weighted by Crippen LogP contribution is -2.12. The molecule has 0 aliphatic heterocycles.